The third-order valence-electron chi connectivity index (χ3n) is 2.15. The summed E-state index contributed by atoms with van der Waals surface area (Å²) in [5, 5.41) is 0. The van der Waals surface area contributed by atoms with E-state index in [0.29, 0.717) is 0 Å². The van der Waals surface area contributed by atoms with E-state index in [1.807, 2.05) is 0 Å². The summed E-state index contributed by atoms with van der Waals surface area (Å²) in [4.78, 5) is 0. The molecule has 0 aromatic carbocycles. The van der Waals surface area contributed by atoms with E-state index in [-0.39, 0.29) is 0 Å². The number of hydrogen-bond donors (Lipinski definition) is 0. The van der Waals surface area contributed by atoms with Gasteiger partial charge in [-0.3, -0.25) is 0 Å². The molecule has 2 rings (SSSR count). The molecule has 0 aromatic heterocycles. The first-order valence-corrected chi connectivity index (χ1v) is 6.13. The van der Waals surface area contributed by atoms with Gasteiger partial charge >= 0.3 is 0 Å². The first-order chi connectivity index (χ1) is 4.97. The Balaban J connectivity index is 2.10. The van der Waals surface area contributed by atoms with E-state index >= 15 is 0 Å². The average Bonchev–Trinajstić information content (AvgIpc) is 2.59. The fourth-order valence-corrected chi connectivity index (χ4v) is 3.74. The first kappa shape index (κ1) is 7.11. The molecular formula is C8H12S2. The molecule has 2 saturated heterocycles. The topological polar surface area (TPSA) is 0 Å². The van der Waals surface area contributed by atoms with Crippen LogP contribution in [0.4, 0.5) is 0 Å². The summed E-state index contributed by atoms with van der Waals surface area (Å²) in [6.07, 6.45) is 2.78. The molecule has 2 aliphatic heterocycles. The van der Waals surface area contributed by atoms with Gasteiger partial charge in [-0.15, -0.1) is 0 Å². The SMILES string of the molecule is C1C/C(=C2/CCSC2)CS1. The standard InChI is InChI=1S/C8H12S2/c1-3-9-5-7(1)8-2-4-10-6-8/h1-6H2/b8-7+. The summed E-state index contributed by atoms with van der Waals surface area (Å²) in [6.45, 7) is 0. The monoisotopic (exact) mass is 172 g/mol. The van der Waals surface area contributed by atoms with Gasteiger partial charge in [0.2, 0.25) is 0 Å². The quantitative estimate of drug-likeness (QED) is 0.515. The van der Waals surface area contributed by atoms with Crippen LogP contribution >= 0.6 is 23.5 Å². The van der Waals surface area contributed by atoms with Crippen LogP contribution in [-0.4, -0.2) is 23.0 Å². The normalized spacial score (nSPS) is 33.6. The Morgan fingerprint density at radius 3 is 1.60 bits per heavy atom. The predicted octanol–water partition coefficient (Wildman–Crippen LogP) is 2.56. The molecule has 2 heteroatoms. The minimum atomic E-state index is 1.34. The van der Waals surface area contributed by atoms with Crippen molar-refractivity contribution in [3.63, 3.8) is 0 Å². The third-order valence-corrected chi connectivity index (χ3v) is 4.24. The third kappa shape index (κ3) is 1.37. The van der Waals surface area contributed by atoms with E-state index in [0.717, 1.165) is 0 Å². The fraction of sp³-hybridized carbons (Fsp3) is 0.750. The van der Waals surface area contributed by atoms with Crippen LogP contribution in [0.3, 0.4) is 0 Å². The summed E-state index contributed by atoms with van der Waals surface area (Å²) in [6, 6.07) is 0. The van der Waals surface area contributed by atoms with Crippen LogP contribution in [0.2, 0.25) is 0 Å². The molecule has 0 spiro atoms. The lowest BCUT2D eigenvalue weighted by Gasteiger charge is -1.99. The summed E-state index contributed by atoms with van der Waals surface area (Å²) < 4.78 is 0. The average molecular weight is 172 g/mol. The summed E-state index contributed by atoms with van der Waals surface area (Å²) in [5.74, 6) is 5.44. The van der Waals surface area contributed by atoms with E-state index < -0.39 is 0 Å². The Labute approximate surface area is 70.8 Å². The minimum absolute atomic E-state index is 1.34. The molecule has 0 aliphatic carbocycles. The fourth-order valence-electron chi connectivity index (χ4n) is 1.48. The maximum Gasteiger partial charge on any atom is 0.0146 e. The molecule has 2 heterocycles. The van der Waals surface area contributed by atoms with Crippen LogP contribution in [0, 0.1) is 0 Å². The molecule has 0 amide bonds. The molecule has 0 saturated carbocycles. The van der Waals surface area contributed by atoms with Gasteiger partial charge in [-0.05, 0) is 24.3 Å². The van der Waals surface area contributed by atoms with Crippen molar-refractivity contribution < 1.29 is 0 Å². The van der Waals surface area contributed by atoms with E-state index in [4.69, 9.17) is 0 Å². The number of rotatable bonds is 0. The Bertz CT molecular complexity index is 127. The van der Waals surface area contributed by atoms with Gasteiger partial charge in [0.15, 0.2) is 0 Å². The van der Waals surface area contributed by atoms with Gasteiger partial charge in [0.1, 0.15) is 0 Å². The maximum absolute atomic E-state index is 2.10. The molecule has 2 fully saturated rings. The van der Waals surface area contributed by atoms with Crippen molar-refractivity contribution in [2.24, 2.45) is 0 Å². The van der Waals surface area contributed by atoms with E-state index in [2.05, 4.69) is 23.5 Å². The molecule has 56 valence electrons. The Morgan fingerprint density at radius 2 is 1.30 bits per heavy atom. The highest BCUT2D eigenvalue weighted by Gasteiger charge is 2.15. The van der Waals surface area contributed by atoms with Crippen molar-refractivity contribution in [3.8, 4) is 0 Å². The van der Waals surface area contributed by atoms with Crippen molar-refractivity contribution in [1.29, 1.82) is 0 Å². The summed E-state index contributed by atoms with van der Waals surface area (Å²) in [7, 11) is 0. The zero-order valence-electron chi connectivity index (χ0n) is 6.06. The Kier molecular flexibility index (Phi) is 2.29. The molecule has 0 radical (unpaired) electrons. The van der Waals surface area contributed by atoms with Gasteiger partial charge in [-0.1, -0.05) is 11.1 Å². The van der Waals surface area contributed by atoms with Crippen molar-refractivity contribution in [2.75, 3.05) is 23.0 Å². The van der Waals surface area contributed by atoms with Gasteiger partial charge in [0, 0.05) is 11.5 Å². The Hall–Kier alpha value is 0.440. The lowest BCUT2D eigenvalue weighted by molar-refractivity contribution is 1.05. The highest BCUT2D eigenvalue weighted by Crippen LogP contribution is 2.32. The zero-order chi connectivity index (χ0) is 6.81. The van der Waals surface area contributed by atoms with E-state index in [9.17, 15) is 0 Å². The minimum Gasteiger partial charge on any atom is -0.157 e. The Morgan fingerprint density at radius 1 is 0.800 bits per heavy atom. The van der Waals surface area contributed by atoms with Crippen LogP contribution in [0.1, 0.15) is 12.8 Å². The molecule has 10 heavy (non-hydrogen) atoms. The first-order valence-electron chi connectivity index (χ1n) is 3.82. The lowest BCUT2D eigenvalue weighted by Crippen LogP contribution is -1.88. The second-order valence-electron chi connectivity index (χ2n) is 2.81. The highest BCUT2D eigenvalue weighted by molar-refractivity contribution is 8.00. The summed E-state index contributed by atoms with van der Waals surface area (Å²) >= 11 is 4.20. The molecule has 2 aliphatic rings. The summed E-state index contributed by atoms with van der Waals surface area (Å²) in [5.41, 5.74) is 3.57. The molecule has 0 aromatic rings. The van der Waals surface area contributed by atoms with Crippen LogP contribution in [0.5, 0.6) is 0 Å². The van der Waals surface area contributed by atoms with E-state index in [1.165, 1.54) is 35.9 Å². The number of hydrogen-bond acceptors (Lipinski definition) is 2. The second kappa shape index (κ2) is 3.22. The van der Waals surface area contributed by atoms with Crippen LogP contribution in [0.15, 0.2) is 11.1 Å². The maximum atomic E-state index is 2.10. The van der Waals surface area contributed by atoms with Crippen molar-refractivity contribution >= 4 is 23.5 Å². The predicted molar refractivity (Wildman–Crippen MR) is 50.9 cm³/mol. The van der Waals surface area contributed by atoms with Crippen LogP contribution in [-0.2, 0) is 0 Å². The van der Waals surface area contributed by atoms with Gasteiger partial charge in [0.05, 0.1) is 0 Å². The van der Waals surface area contributed by atoms with Crippen LogP contribution in [0.25, 0.3) is 0 Å². The smallest absolute Gasteiger partial charge is 0.0146 e. The largest absolute Gasteiger partial charge is 0.157 e. The number of thioether (sulfide) groups is 2. The van der Waals surface area contributed by atoms with Gasteiger partial charge in [0.25, 0.3) is 0 Å². The zero-order valence-corrected chi connectivity index (χ0v) is 7.69. The molecule has 0 nitrogen and oxygen atoms in total. The van der Waals surface area contributed by atoms with Gasteiger partial charge in [-0.25, -0.2) is 0 Å². The molecular weight excluding hydrogens is 160 g/mol. The molecule has 0 unspecified atom stereocenters. The van der Waals surface area contributed by atoms with Crippen molar-refractivity contribution in [2.45, 2.75) is 12.8 Å². The van der Waals surface area contributed by atoms with Crippen LogP contribution < -0.4 is 0 Å². The second-order valence-corrected chi connectivity index (χ2v) is 5.02. The molecule has 0 atom stereocenters. The highest BCUT2D eigenvalue weighted by atomic mass is 32.2. The van der Waals surface area contributed by atoms with Crippen molar-refractivity contribution in [1.82, 2.24) is 0 Å². The molecule has 0 N–H and O–H groups in total. The van der Waals surface area contributed by atoms with E-state index in [1.54, 1.807) is 11.1 Å². The lowest BCUT2D eigenvalue weighted by atomic mass is 10.1. The van der Waals surface area contributed by atoms with Gasteiger partial charge < -0.3 is 0 Å². The van der Waals surface area contributed by atoms with Gasteiger partial charge in [-0.2, -0.15) is 23.5 Å². The van der Waals surface area contributed by atoms with Crippen molar-refractivity contribution in [3.05, 3.63) is 11.1 Å². The molecule has 0 bridgehead atoms.